The average Bonchev–Trinajstić information content (AvgIpc) is 3.73. The fraction of sp³-hybridized carbons (Fsp3) is 0.423. The van der Waals surface area contributed by atoms with Gasteiger partial charge in [-0.05, 0) is 140 Å². The number of hydrogen-bond acceptors (Lipinski definition) is 8. The summed E-state index contributed by atoms with van der Waals surface area (Å²) in [5.74, 6) is 0.0157. The molecule has 0 bridgehead atoms. The minimum atomic E-state index is -0.591. The number of carbonyl (C=O) groups excluding carboxylic acids is 4. The number of nitrogens with zero attached hydrogens (tertiary/aromatic N) is 4. The van der Waals surface area contributed by atoms with Gasteiger partial charge in [0, 0.05) is 74.3 Å². The first kappa shape index (κ1) is 52.8. The van der Waals surface area contributed by atoms with Crippen LogP contribution in [0.5, 0.6) is 0 Å². The number of amides is 2. The zero-order valence-corrected chi connectivity index (χ0v) is 41.9. The quantitative estimate of drug-likeness (QED) is 0.0634. The van der Waals surface area contributed by atoms with Gasteiger partial charge in [0.15, 0.2) is 11.6 Å². The second kappa shape index (κ2) is 23.7. The summed E-state index contributed by atoms with van der Waals surface area (Å²) in [7, 11) is 3.36. The van der Waals surface area contributed by atoms with Crippen LogP contribution in [0.2, 0.25) is 10.0 Å². The summed E-state index contributed by atoms with van der Waals surface area (Å²) in [6.07, 6.45) is 3.80. The Labute approximate surface area is 407 Å². The second-order valence-electron chi connectivity index (χ2n) is 18.8. The summed E-state index contributed by atoms with van der Waals surface area (Å²) in [5.41, 5.74) is 4.30. The molecule has 6 rings (SSSR count). The monoisotopic (exact) mass is 970 g/mol. The minimum Gasteiger partial charge on any atom is -0.444 e. The molecular weight excluding hydrogens is 908 g/mol. The van der Waals surface area contributed by atoms with Crippen LogP contribution in [-0.2, 0) is 36.4 Å². The van der Waals surface area contributed by atoms with E-state index in [9.17, 15) is 28.8 Å². The Balaban J connectivity index is 0.000000254. The molecule has 0 aliphatic carbocycles. The van der Waals surface area contributed by atoms with E-state index in [0.717, 1.165) is 16.6 Å². The third-order valence-electron chi connectivity index (χ3n) is 11.1. The standard InChI is InChI=1S/2C26H32ClN3O4/c1-26(2,3)34-25(33)30(16-14-18-9-5-6-10-20(18)27)15-8-7-11-23(31)19-12-13-22-21(17-19)28-24(32)29(22)4;1-26(2,3)34-25(33)30(16-14-18-9-5-6-10-20(18)27)15-8-7-11-23(31)19-12-13-21-22(17-19)29(4)24(32)28-21/h2*5-6,9-10,12-13,17H,7-8,11,14-16H2,1-4H3,(H,28,32). The first-order chi connectivity index (χ1) is 32.1. The first-order valence-electron chi connectivity index (χ1n) is 23.0. The van der Waals surface area contributed by atoms with Crippen molar-refractivity contribution in [3.63, 3.8) is 0 Å². The number of Topliss-reactive ketones (excluding diaryl/α,β-unsaturated/α-hetero) is 2. The Morgan fingerprint density at radius 2 is 0.971 bits per heavy atom. The summed E-state index contributed by atoms with van der Waals surface area (Å²) in [5, 5.41) is 1.35. The lowest BCUT2D eigenvalue weighted by Gasteiger charge is -2.27. The molecule has 14 nitrogen and oxygen atoms in total. The highest BCUT2D eigenvalue weighted by Gasteiger charge is 2.24. The normalized spacial score (nSPS) is 11.6. The molecule has 0 aliphatic heterocycles. The maximum Gasteiger partial charge on any atom is 0.410 e. The van der Waals surface area contributed by atoms with Gasteiger partial charge in [-0.25, -0.2) is 19.2 Å². The van der Waals surface area contributed by atoms with Crippen molar-refractivity contribution in [2.75, 3.05) is 26.2 Å². The molecule has 2 aromatic heterocycles. The number of hydrogen-bond donors (Lipinski definition) is 2. The van der Waals surface area contributed by atoms with Crippen molar-refractivity contribution in [3.8, 4) is 0 Å². The van der Waals surface area contributed by atoms with Crippen LogP contribution in [0.1, 0.15) is 112 Å². The predicted octanol–water partition coefficient (Wildman–Crippen LogP) is 10.7. The molecule has 0 unspecified atom stereocenters. The van der Waals surface area contributed by atoms with Gasteiger partial charge in [0.25, 0.3) is 0 Å². The Kier molecular flexibility index (Phi) is 18.5. The predicted molar refractivity (Wildman–Crippen MR) is 269 cm³/mol. The third-order valence-corrected chi connectivity index (χ3v) is 11.9. The number of fused-ring (bicyclic) bond motifs is 2. The number of unbranched alkanes of at least 4 members (excludes halogenated alkanes) is 2. The van der Waals surface area contributed by atoms with Crippen LogP contribution < -0.4 is 11.4 Å². The zero-order valence-electron chi connectivity index (χ0n) is 40.4. The third kappa shape index (κ3) is 15.5. The Hall–Kier alpha value is -6.12. The van der Waals surface area contributed by atoms with Gasteiger partial charge in [-0.3, -0.25) is 18.7 Å². The number of imidazole rings is 2. The van der Waals surface area contributed by atoms with E-state index in [-0.39, 0.29) is 35.1 Å². The smallest absolute Gasteiger partial charge is 0.410 e. The highest BCUT2D eigenvalue weighted by atomic mass is 35.5. The number of ether oxygens (including phenoxy) is 2. The maximum absolute atomic E-state index is 12.7. The molecule has 2 N–H and O–H groups in total. The number of rotatable bonds is 18. The van der Waals surface area contributed by atoms with Crippen LogP contribution >= 0.6 is 23.2 Å². The minimum absolute atomic E-state index is 0.00601. The van der Waals surface area contributed by atoms with Crippen LogP contribution in [0.4, 0.5) is 9.59 Å². The van der Waals surface area contributed by atoms with E-state index in [0.29, 0.717) is 115 Å². The van der Waals surface area contributed by atoms with E-state index < -0.39 is 11.2 Å². The molecule has 2 heterocycles. The zero-order chi connectivity index (χ0) is 49.8. The average molecular weight is 972 g/mol. The van der Waals surface area contributed by atoms with Gasteiger partial charge in [-0.1, -0.05) is 59.6 Å². The van der Waals surface area contributed by atoms with Gasteiger partial charge in [0.05, 0.1) is 22.1 Å². The van der Waals surface area contributed by atoms with Crippen molar-refractivity contribution < 1.29 is 28.7 Å². The fourth-order valence-electron chi connectivity index (χ4n) is 7.43. The van der Waals surface area contributed by atoms with Crippen molar-refractivity contribution in [1.82, 2.24) is 28.9 Å². The van der Waals surface area contributed by atoms with Crippen LogP contribution in [-0.4, -0.2) is 90.0 Å². The fourth-order valence-corrected chi connectivity index (χ4v) is 7.89. The molecule has 0 saturated heterocycles. The highest BCUT2D eigenvalue weighted by molar-refractivity contribution is 6.31. The van der Waals surface area contributed by atoms with E-state index in [4.69, 9.17) is 32.7 Å². The lowest BCUT2D eigenvalue weighted by atomic mass is 10.0. The molecule has 0 radical (unpaired) electrons. The summed E-state index contributed by atoms with van der Waals surface area (Å²) in [6, 6.07) is 25.6. The lowest BCUT2D eigenvalue weighted by Crippen LogP contribution is -2.38. The summed E-state index contributed by atoms with van der Waals surface area (Å²) in [6.45, 7) is 13.0. The van der Waals surface area contributed by atoms with Crippen molar-refractivity contribution >= 4 is 69.0 Å². The molecule has 0 fully saturated rings. The van der Waals surface area contributed by atoms with Gasteiger partial charge >= 0.3 is 23.6 Å². The molecule has 16 heteroatoms. The molecule has 6 aromatic rings. The van der Waals surface area contributed by atoms with Crippen molar-refractivity contribution in [1.29, 1.82) is 0 Å². The number of ketones is 2. The van der Waals surface area contributed by atoms with Crippen molar-refractivity contribution in [2.24, 2.45) is 14.1 Å². The van der Waals surface area contributed by atoms with Crippen LogP contribution in [0.15, 0.2) is 94.5 Å². The topological polar surface area (TPSA) is 169 Å². The molecular formula is C52H64Cl2N6O8. The number of aryl methyl sites for hydroxylation is 2. The Morgan fingerprint density at radius 3 is 1.44 bits per heavy atom. The molecule has 4 aromatic carbocycles. The van der Waals surface area contributed by atoms with E-state index in [1.807, 2.05) is 90.1 Å². The molecule has 0 aliphatic rings. The van der Waals surface area contributed by atoms with E-state index in [2.05, 4.69) is 9.97 Å². The number of aromatic amines is 2. The van der Waals surface area contributed by atoms with Crippen LogP contribution in [0.25, 0.3) is 22.1 Å². The number of benzene rings is 4. The first-order valence-corrected chi connectivity index (χ1v) is 23.7. The molecule has 0 spiro atoms. The van der Waals surface area contributed by atoms with Gasteiger partial charge in [0.2, 0.25) is 0 Å². The van der Waals surface area contributed by atoms with E-state index >= 15 is 0 Å². The van der Waals surface area contributed by atoms with Crippen LogP contribution in [0.3, 0.4) is 0 Å². The number of H-pyrrole nitrogens is 2. The molecule has 2 amide bonds. The summed E-state index contributed by atoms with van der Waals surface area (Å²) < 4.78 is 14.2. The molecule has 68 heavy (non-hydrogen) atoms. The lowest BCUT2D eigenvalue weighted by molar-refractivity contribution is 0.0238. The van der Waals surface area contributed by atoms with E-state index in [1.165, 1.54) is 9.13 Å². The molecule has 0 atom stereocenters. The molecule has 364 valence electrons. The Bertz CT molecular complexity index is 2830. The number of carbonyl (C=O) groups is 4. The van der Waals surface area contributed by atoms with Crippen molar-refractivity contribution in [3.05, 3.63) is 138 Å². The largest absolute Gasteiger partial charge is 0.444 e. The van der Waals surface area contributed by atoms with Gasteiger partial charge < -0.3 is 29.2 Å². The summed E-state index contributed by atoms with van der Waals surface area (Å²) >= 11 is 12.5. The van der Waals surface area contributed by atoms with Gasteiger partial charge in [-0.2, -0.15) is 0 Å². The van der Waals surface area contributed by atoms with Crippen molar-refractivity contribution in [2.45, 2.75) is 104 Å². The highest BCUT2D eigenvalue weighted by Crippen LogP contribution is 2.21. The number of halogens is 2. The summed E-state index contributed by atoms with van der Waals surface area (Å²) in [4.78, 5) is 83.3. The van der Waals surface area contributed by atoms with Crippen LogP contribution in [0, 0.1) is 0 Å². The maximum atomic E-state index is 12.7. The number of nitrogens with one attached hydrogen (secondary N) is 2. The Morgan fingerprint density at radius 1 is 0.544 bits per heavy atom. The van der Waals surface area contributed by atoms with Gasteiger partial charge in [-0.15, -0.1) is 0 Å². The van der Waals surface area contributed by atoms with Gasteiger partial charge in [0.1, 0.15) is 11.2 Å². The molecule has 0 saturated carbocycles. The van der Waals surface area contributed by atoms with E-state index in [1.54, 1.807) is 60.3 Å². The number of aromatic nitrogens is 4. The SMILES string of the molecule is Cn1c(=O)[nH]c2cc(C(=O)CCCCN(CCc3ccccc3Cl)C(=O)OC(C)(C)C)ccc21.Cn1c(=O)[nH]c2ccc(C(=O)CCCCN(CCc3ccccc3Cl)C(=O)OC(C)(C)C)cc21. The second-order valence-corrected chi connectivity index (χ2v) is 19.6.